The van der Waals surface area contributed by atoms with Crippen molar-refractivity contribution in [2.45, 2.75) is 25.1 Å². The van der Waals surface area contributed by atoms with Crippen molar-refractivity contribution in [3.05, 3.63) is 33.8 Å². The quantitative estimate of drug-likeness (QED) is 0.845. The summed E-state index contributed by atoms with van der Waals surface area (Å²) in [5, 5.41) is 0.752. The van der Waals surface area contributed by atoms with Crippen LogP contribution in [0.1, 0.15) is 18.9 Å². The van der Waals surface area contributed by atoms with Crippen LogP contribution in [0.3, 0.4) is 0 Å². The molecule has 102 valence electrons. The summed E-state index contributed by atoms with van der Waals surface area (Å²) in [5.74, 6) is -0.122. The first kappa shape index (κ1) is 15.7. The summed E-state index contributed by atoms with van der Waals surface area (Å²) in [6, 6.07) is 4.74. The summed E-state index contributed by atoms with van der Waals surface area (Å²) in [5.41, 5.74) is 6.14. The molecule has 1 rings (SSSR count). The molecule has 0 aliphatic carbocycles. The van der Waals surface area contributed by atoms with Gasteiger partial charge in [0, 0.05) is 12.6 Å². The van der Waals surface area contributed by atoms with E-state index < -0.39 is 10.0 Å². The zero-order valence-electron chi connectivity index (χ0n) is 9.99. The monoisotopic (exact) mass is 310 g/mol. The van der Waals surface area contributed by atoms with E-state index in [1.54, 1.807) is 18.2 Å². The van der Waals surface area contributed by atoms with Crippen LogP contribution in [0.4, 0.5) is 0 Å². The molecule has 4 nitrogen and oxygen atoms in total. The minimum Gasteiger partial charge on any atom is -0.328 e. The van der Waals surface area contributed by atoms with Crippen LogP contribution in [0.2, 0.25) is 10.0 Å². The van der Waals surface area contributed by atoms with Gasteiger partial charge in [-0.2, -0.15) is 0 Å². The predicted molar refractivity (Wildman–Crippen MR) is 75.4 cm³/mol. The highest BCUT2D eigenvalue weighted by Crippen LogP contribution is 2.23. The van der Waals surface area contributed by atoms with Crippen LogP contribution in [0.5, 0.6) is 0 Å². The molecular weight excluding hydrogens is 295 g/mol. The summed E-state index contributed by atoms with van der Waals surface area (Å²) in [4.78, 5) is 0. The molecule has 18 heavy (non-hydrogen) atoms. The first-order valence-electron chi connectivity index (χ1n) is 5.47. The van der Waals surface area contributed by atoms with Crippen LogP contribution in [0, 0.1) is 0 Å². The van der Waals surface area contributed by atoms with Crippen LogP contribution in [-0.4, -0.2) is 21.0 Å². The van der Waals surface area contributed by atoms with E-state index >= 15 is 0 Å². The Kier molecular flexibility index (Phi) is 5.88. The zero-order valence-corrected chi connectivity index (χ0v) is 12.3. The molecule has 0 heterocycles. The number of sulfonamides is 1. The van der Waals surface area contributed by atoms with Crippen LogP contribution in [0.15, 0.2) is 18.2 Å². The minimum atomic E-state index is -3.37. The summed E-state index contributed by atoms with van der Waals surface area (Å²) >= 11 is 11.6. The van der Waals surface area contributed by atoms with Gasteiger partial charge >= 0.3 is 0 Å². The standard InChI is InChI=1S/C11H16Cl2N2O2S/c1-8(14)4-5-15-18(16,17)7-9-2-3-10(12)11(13)6-9/h2-3,6,8,15H,4-5,7,14H2,1H3. The number of rotatable bonds is 6. The summed E-state index contributed by atoms with van der Waals surface area (Å²) < 4.78 is 26.0. The van der Waals surface area contributed by atoms with Gasteiger partial charge in [-0.15, -0.1) is 0 Å². The highest BCUT2D eigenvalue weighted by atomic mass is 35.5. The van der Waals surface area contributed by atoms with E-state index in [0.29, 0.717) is 28.6 Å². The highest BCUT2D eigenvalue weighted by molar-refractivity contribution is 7.88. The van der Waals surface area contributed by atoms with Gasteiger partial charge in [-0.25, -0.2) is 13.1 Å². The van der Waals surface area contributed by atoms with Crippen LogP contribution in [0.25, 0.3) is 0 Å². The number of benzene rings is 1. The molecule has 0 radical (unpaired) electrons. The molecular formula is C11H16Cl2N2O2S. The number of nitrogens with two attached hydrogens (primary N) is 1. The zero-order chi connectivity index (χ0) is 13.8. The molecule has 0 amide bonds. The number of hydrogen-bond donors (Lipinski definition) is 2. The molecule has 0 saturated carbocycles. The van der Waals surface area contributed by atoms with Crippen molar-refractivity contribution in [1.29, 1.82) is 0 Å². The molecule has 7 heteroatoms. The van der Waals surface area contributed by atoms with Crippen LogP contribution >= 0.6 is 23.2 Å². The van der Waals surface area contributed by atoms with Gasteiger partial charge in [0.15, 0.2) is 0 Å². The Labute approximate surface area is 118 Å². The average molecular weight is 311 g/mol. The minimum absolute atomic E-state index is 0.0299. The second-order valence-electron chi connectivity index (χ2n) is 4.17. The fourth-order valence-electron chi connectivity index (χ4n) is 1.34. The maximum Gasteiger partial charge on any atom is 0.215 e. The van der Waals surface area contributed by atoms with Gasteiger partial charge in [0.05, 0.1) is 15.8 Å². The van der Waals surface area contributed by atoms with Gasteiger partial charge in [-0.1, -0.05) is 29.3 Å². The summed E-state index contributed by atoms with van der Waals surface area (Å²) in [7, 11) is -3.37. The van der Waals surface area contributed by atoms with Crippen molar-refractivity contribution in [2.24, 2.45) is 5.73 Å². The summed E-state index contributed by atoms with van der Waals surface area (Å²) in [6.07, 6.45) is 0.598. The van der Waals surface area contributed by atoms with E-state index in [1.807, 2.05) is 6.92 Å². The van der Waals surface area contributed by atoms with E-state index in [4.69, 9.17) is 28.9 Å². The molecule has 0 saturated heterocycles. The Bertz CT molecular complexity index is 504. The molecule has 1 unspecified atom stereocenters. The normalized spacial score (nSPS) is 13.6. The van der Waals surface area contributed by atoms with Crippen LogP contribution in [-0.2, 0) is 15.8 Å². The Morgan fingerprint density at radius 3 is 2.56 bits per heavy atom. The number of hydrogen-bond acceptors (Lipinski definition) is 3. The molecule has 0 fully saturated rings. The van der Waals surface area contributed by atoms with Crippen LogP contribution < -0.4 is 10.5 Å². The third kappa shape index (κ3) is 5.54. The second kappa shape index (κ2) is 6.73. The van der Waals surface area contributed by atoms with Gasteiger partial charge < -0.3 is 5.73 Å². The SMILES string of the molecule is CC(N)CCNS(=O)(=O)Cc1ccc(Cl)c(Cl)c1. The lowest BCUT2D eigenvalue weighted by Gasteiger charge is -2.09. The smallest absolute Gasteiger partial charge is 0.215 e. The lowest BCUT2D eigenvalue weighted by molar-refractivity contribution is 0.571. The van der Waals surface area contributed by atoms with Crippen molar-refractivity contribution in [3.8, 4) is 0 Å². The lowest BCUT2D eigenvalue weighted by Crippen LogP contribution is -2.29. The van der Waals surface area contributed by atoms with E-state index in [0.717, 1.165) is 0 Å². The Morgan fingerprint density at radius 2 is 2.00 bits per heavy atom. The molecule has 0 bridgehead atoms. The van der Waals surface area contributed by atoms with E-state index in [1.165, 1.54) is 0 Å². The molecule has 0 aliphatic rings. The molecule has 1 atom stereocenters. The Morgan fingerprint density at radius 1 is 1.33 bits per heavy atom. The van der Waals surface area contributed by atoms with Crippen molar-refractivity contribution in [2.75, 3.05) is 6.54 Å². The molecule has 1 aromatic carbocycles. The van der Waals surface area contributed by atoms with E-state index in [9.17, 15) is 8.42 Å². The molecule has 0 aliphatic heterocycles. The fraction of sp³-hybridized carbons (Fsp3) is 0.455. The third-order valence-electron chi connectivity index (χ3n) is 2.26. The predicted octanol–water partition coefficient (Wildman–Crippen LogP) is 2.15. The topological polar surface area (TPSA) is 72.2 Å². The molecule has 3 N–H and O–H groups in total. The molecule has 0 spiro atoms. The van der Waals surface area contributed by atoms with Crippen molar-refractivity contribution >= 4 is 33.2 Å². The second-order valence-corrected chi connectivity index (χ2v) is 6.79. The molecule has 1 aromatic rings. The lowest BCUT2D eigenvalue weighted by atomic mass is 10.2. The fourth-order valence-corrected chi connectivity index (χ4v) is 2.81. The van der Waals surface area contributed by atoms with Gasteiger partial charge in [0.25, 0.3) is 0 Å². The third-order valence-corrected chi connectivity index (χ3v) is 4.36. The van der Waals surface area contributed by atoms with Gasteiger partial charge in [0.2, 0.25) is 10.0 Å². The highest BCUT2D eigenvalue weighted by Gasteiger charge is 2.12. The van der Waals surface area contributed by atoms with Crippen molar-refractivity contribution in [1.82, 2.24) is 4.72 Å². The maximum absolute atomic E-state index is 11.7. The van der Waals surface area contributed by atoms with Crippen molar-refractivity contribution < 1.29 is 8.42 Å². The van der Waals surface area contributed by atoms with Gasteiger partial charge in [0.1, 0.15) is 0 Å². The Balaban J connectivity index is 2.62. The van der Waals surface area contributed by atoms with Gasteiger partial charge in [-0.05, 0) is 31.0 Å². The first-order valence-corrected chi connectivity index (χ1v) is 7.88. The average Bonchev–Trinajstić information content (AvgIpc) is 2.22. The largest absolute Gasteiger partial charge is 0.328 e. The Hall–Kier alpha value is -0.330. The molecule has 0 aromatic heterocycles. The maximum atomic E-state index is 11.7. The van der Waals surface area contributed by atoms with E-state index in [2.05, 4.69) is 4.72 Å². The van der Waals surface area contributed by atoms with Crippen molar-refractivity contribution in [3.63, 3.8) is 0 Å². The van der Waals surface area contributed by atoms with E-state index in [-0.39, 0.29) is 11.8 Å². The van der Waals surface area contributed by atoms with Gasteiger partial charge in [-0.3, -0.25) is 0 Å². The number of halogens is 2. The first-order chi connectivity index (χ1) is 8.30. The number of nitrogens with one attached hydrogen (secondary N) is 1. The summed E-state index contributed by atoms with van der Waals surface area (Å²) in [6.45, 7) is 2.16.